The van der Waals surface area contributed by atoms with Crippen LogP contribution < -0.4 is 15.6 Å². The van der Waals surface area contributed by atoms with Gasteiger partial charge >= 0.3 is 0 Å². The second-order valence-electron chi connectivity index (χ2n) is 5.35. The van der Waals surface area contributed by atoms with E-state index >= 15 is 0 Å². The molecule has 1 atom stereocenters. The van der Waals surface area contributed by atoms with Crippen molar-refractivity contribution in [2.75, 3.05) is 0 Å². The van der Waals surface area contributed by atoms with Crippen LogP contribution in [0, 0.1) is 0 Å². The normalized spacial score (nSPS) is 12.3. The van der Waals surface area contributed by atoms with Crippen molar-refractivity contribution in [1.29, 1.82) is 0 Å². The zero-order valence-electron chi connectivity index (χ0n) is 13.9. The van der Waals surface area contributed by atoms with E-state index in [1.807, 2.05) is 0 Å². The Balaban J connectivity index is 2.03. The lowest BCUT2D eigenvalue weighted by Gasteiger charge is -2.16. The van der Waals surface area contributed by atoms with Crippen molar-refractivity contribution in [1.82, 2.24) is 15.6 Å². The van der Waals surface area contributed by atoms with Crippen molar-refractivity contribution in [3.05, 3.63) is 58.1 Å². The molecule has 27 heavy (non-hydrogen) atoms. The number of hydrogen-bond acceptors (Lipinski definition) is 5. The molecule has 0 unspecified atom stereocenters. The van der Waals surface area contributed by atoms with E-state index in [4.69, 9.17) is 23.2 Å². The van der Waals surface area contributed by atoms with E-state index in [1.165, 1.54) is 49.4 Å². The third-order valence-corrected chi connectivity index (χ3v) is 5.86. The summed E-state index contributed by atoms with van der Waals surface area (Å²) in [6, 6.07) is 8.63. The van der Waals surface area contributed by atoms with E-state index in [9.17, 15) is 23.1 Å². The molecule has 0 aliphatic heterocycles. The summed E-state index contributed by atoms with van der Waals surface area (Å²) >= 11 is 11.8. The summed E-state index contributed by atoms with van der Waals surface area (Å²) in [5.74, 6) is -1.89. The summed E-state index contributed by atoms with van der Waals surface area (Å²) in [5.41, 5.74) is 4.09. The monoisotopic (exact) mass is 431 g/mol. The number of carbonyl (C=O) groups excluding carboxylic acids is 2. The summed E-state index contributed by atoms with van der Waals surface area (Å²) in [5, 5.41) is 9.39. The molecular formula is C16H15Cl2N3O5S. The second-order valence-corrected chi connectivity index (χ2v) is 7.82. The number of rotatable bonds is 5. The van der Waals surface area contributed by atoms with E-state index in [1.54, 1.807) is 0 Å². The number of benzene rings is 2. The minimum atomic E-state index is -4.19. The van der Waals surface area contributed by atoms with E-state index < -0.39 is 27.9 Å². The van der Waals surface area contributed by atoms with Crippen LogP contribution in [0.1, 0.15) is 17.3 Å². The number of aromatic hydroxyl groups is 1. The Morgan fingerprint density at radius 1 is 1.00 bits per heavy atom. The summed E-state index contributed by atoms with van der Waals surface area (Å²) in [6.45, 7) is 1.27. The number of para-hydroxylation sites is 1. The molecule has 2 aromatic carbocycles. The van der Waals surface area contributed by atoms with Gasteiger partial charge in [0.15, 0.2) is 0 Å². The highest BCUT2D eigenvalue weighted by atomic mass is 35.5. The van der Waals surface area contributed by atoms with Crippen LogP contribution in [-0.2, 0) is 14.8 Å². The number of phenols is 1. The maximum Gasteiger partial charge on any atom is 0.273 e. The molecule has 0 saturated heterocycles. The fraction of sp³-hybridized carbons (Fsp3) is 0.125. The highest BCUT2D eigenvalue weighted by molar-refractivity contribution is 7.89. The maximum atomic E-state index is 12.4. The van der Waals surface area contributed by atoms with E-state index in [0.29, 0.717) is 0 Å². The standard InChI is InChI=1S/C16H15Cl2N3O5S/c1-9(21-27(25,26)14-11(17)6-4-7-12(14)18)15(23)19-20-16(24)10-5-2-3-8-13(10)22/h2-9,21-22H,1H3,(H,19,23)(H,20,24)/t9-/m1/s1. The van der Waals surface area contributed by atoms with Gasteiger partial charge in [0, 0.05) is 0 Å². The van der Waals surface area contributed by atoms with E-state index in [2.05, 4.69) is 15.6 Å². The molecule has 0 aromatic heterocycles. The molecule has 8 nitrogen and oxygen atoms in total. The number of hydrazine groups is 1. The maximum absolute atomic E-state index is 12.4. The molecule has 0 bridgehead atoms. The predicted molar refractivity (Wildman–Crippen MR) is 100.0 cm³/mol. The molecule has 2 aromatic rings. The lowest BCUT2D eigenvalue weighted by molar-refractivity contribution is -0.123. The lowest BCUT2D eigenvalue weighted by Crippen LogP contribution is -2.51. The molecule has 11 heteroatoms. The van der Waals surface area contributed by atoms with Crippen LogP contribution in [0.15, 0.2) is 47.4 Å². The molecule has 0 aliphatic carbocycles. The lowest BCUT2D eigenvalue weighted by atomic mass is 10.2. The Hall–Kier alpha value is -2.33. The number of nitrogens with one attached hydrogen (secondary N) is 3. The van der Waals surface area contributed by atoms with Crippen molar-refractivity contribution in [3.8, 4) is 5.75 Å². The molecule has 2 rings (SSSR count). The van der Waals surface area contributed by atoms with Gasteiger partial charge in [-0.15, -0.1) is 0 Å². The number of carbonyl (C=O) groups is 2. The third kappa shape index (κ3) is 5.10. The van der Waals surface area contributed by atoms with Gasteiger partial charge in [0.1, 0.15) is 10.6 Å². The van der Waals surface area contributed by atoms with Crippen LogP contribution in [0.25, 0.3) is 0 Å². The van der Waals surface area contributed by atoms with Gasteiger partial charge in [0.05, 0.1) is 21.7 Å². The number of hydrogen-bond donors (Lipinski definition) is 4. The molecular weight excluding hydrogens is 417 g/mol. The van der Waals surface area contributed by atoms with Gasteiger partial charge in [-0.05, 0) is 31.2 Å². The van der Waals surface area contributed by atoms with Gasteiger partial charge in [0.2, 0.25) is 10.0 Å². The third-order valence-electron chi connectivity index (χ3n) is 3.36. The Bertz CT molecular complexity index is 962. The van der Waals surface area contributed by atoms with Crippen molar-refractivity contribution in [2.45, 2.75) is 17.9 Å². The highest BCUT2D eigenvalue weighted by Gasteiger charge is 2.26. The Morgan fingerprint density at radius 2 is 1.59 bits per heavy atom. The van der Waals surface area contributed by atoms with Crippen LogP contribution in [0.4, 0.5) is 0 Å². The quantitative estimate of drug-likeness (QED) is 0.537. The van der Waals surface area contributed by atoms with Crippen LogP contribution in [0.5, 0.6) is 5.75 Å². The van der Waals surface area contributed by atoms with Gasteiger partial charge in [-0.2, -0.15) is 4.72 Å². The minimum Gasteiger partial charge on any atom is -0.507 e. The molecule has 4 N–H and O–H groups in total. The molecule has 0 heterocycles. The molecule has 0 fully saturated rings. The molecule has 144 valence electrons. The Morgan fingerprint density at radius 3 is 2.19 bits per heavy atom. The fourth-order valence-corrected chi connectivity index (χ4v) is 4.39. The average Bonchev–Trinajstić information content (AvgIpc) is 2.58. The van der Waals surface area contributed by atoms with Crippen molar-refractivity contribution in [3.63, 3.8) is 0 Å². The first kappa shape index (κ1) is 21.0. The van der Waals surface area contributed by atoms with Gasteiger partial charge in [-0.1, -0.05) is 41.4 Å². The molecule has 0 radical (unpaired) electrons. The van der Waals surface area contributed by atoms with Gasteiger partial charge in [-0.3, -0.25) is 20.4 Å². The predicted octanol–water partition coefficient (Wildman–Crippen LogP) is 1.83. The largest absolute Gasteiger partial charge is 0.507 e. The van der Waals surface area contributed by atoms with E-state index in [0.717, 1.165) is 0 Å². The minimum absolute atomic E-state index is 0.0612. The van der Waals surface area contributed by atoms with Crippen LogP contribution in [-0.4, -0.2) is 31.4 Å². The van der Waals surface area contributed by atoms with Gasteiger partial charge in [0.25, 0.3) is 11.8 Å². The first-order chi connectivity index (χ1) is 12.6. The second kappa shape index (κ2) is 8.57. The van der Waals surface area contributed by atoms with Crippen LogP contribution in [0.2, 0.25) is 10.0 Å². The number of halogens is 2. The van der Waals surface area contributed by atoms with Crippen molar-refractivity contribution < 1.29 is 23.1 Å². The molecule has 0 aliphatic rings. The fourth-order valence-electron chi connectivity index (χ4n) is 2.04. The smallest absolute Gasteiger partial charge is 0.273 e. The molecule has 2 amide bonds. The SMILES string of the molecule is C[C@@H](NS(=O)(=O)c1c(Cl)cccc1Cl)C(=O)NNC(=O)c1ccccc1O. The van der Waals surface area contributed by atoms with Crippen LogP contribution >= 0.6 is 23.2 Å². The Kier molecular flexibility index (Phi) is 6.66. The summed E-state index contributed by atoms with van der Waals surface area (Å²) in [6.07, 6.45) is 0. The first-order valence-corrected chi connectivity index (χ1v) is 9.72. The average molecular weight is 432 g/mol. The van der Waals surface area contributed by atoms with E-state index in [-0.39, 0.29) is 26.3 Å². The summed E-state index contributed by atoms with van der Waals surface area (Å²) < 4.78 is 26.9. The molecule has 0 saturated carbocycles. The highest BCUT2D eigenvalue weighted by Crippen LogP contribution is 2.28. The van der Waals surface area contributed by atoms with Crippen molar-refractivity contribution in [2.24, 2.45) is 0 Å². The molecule has 0 spiro atoms. The van der Waals surface area contributed by atoms with Crippen LogP contribution in [0.3, 0.4) is 0 Å². The number of phenolic OH excluding ortho intramolecular Hbond substituents is 1. The zero-order chi connectivity index (χ0) is 20.2. The zero-order valence-corrected chi connectivity index (χ0v) is 16.2. The van der Waals surface area contributed by atoms with Gasteiger partial charge < -0.3 is 5.11 Å². The first-order valence-electron chi connectivity index (χ1n) is 7.48. The number of sulfonamides is 1. The summed E-state index contributed by atoms with van der Waals surface area (Å²) in [4.78, 5) is 23.6. The van der Waals surface area contributed by atoms with Gasteiger partial charge in [-0.25, -0.2) is 8.42 Å². The van der Waals surface area contributed by atoms with Crippen molar-refractivity contribution >= 4 is 45.0 Å². The topological polar surface area (TPSA) is 125 Å². The summed E-state index contributed by atoms with van der Waals surface area (Å²) in [7, 11) is -4.19. The Labute approximate surface area is 165 Å². The number of amides is 2.